The van der Waals surface area contributed by atoms with Crippen molar-refractivity contribution in [2.75, 3.05) is 19.5 Å². The van der Waals surface area contributed by atoms with Gasteiger partial charge in [0.05, 0.1) is 13.9 Å². The van der Waals surface area contributed by atoms with Gasteiger partial charge in [-0.3, -0.25) is 0 Å². The largest absolute Gasteiger partial charge is 0.311 e. The Bertz CT molecular complexity index is 93.7. The molecule has 0 N–H and O–H groups in total. The Morgan fingerprint density at radius 1 is 1.67 bits per heavy atom. The van der Waals surface area contributed by atoms with Gasteiger partial charge >= 0.3 is 0 Å². The molecule has 9 heavy (non-hydrogen) atoms. The lowest BCUT2D eigenvalue weighted by molar-refractivity contribution is 0.343. The summed E-state index contributed by atoms with van der Waals surface area (Å²) >= 11 is 0. The molecule has 0 saturated heterocycles. The average Bonchev–Trinajstić information content (AvgIpc) is 1.91. The molecule has 0 bridgehead atoms. The van der Waals surface area contributed by atoms with E-state index in [2.05, 4.69) is 6.07 Å². The van der Waals surface area contributed by atoms with E-state index >= 15 is 0 Å². The maximum absolute atomic E-state index is 8.19. The van der Waals surface area contributed by atoms with E-state index < -0.39 is 0 Å². The predicted molar refractivity (Wildman–Crippen MR) is 38.1 cm³/mol. The minimum absolute atomic E-state index is 0.554. The van der Waals surface area contributed by atoms with E-state index in [-0.39, 0.29) is 0 Å². The maximum Gasteiger partial charge on any atom is 0.0863 e. The molecular weight excluding hydrogens is 111 g/mol. The van der Waals surface area contributed by atoms with Crippen LogP contribution in [0.15, 0.2) is 0 Å². The summed E-state index contributed by atoms with van der Waals surface area (Å²) in [5.74, 6) is 0. The third-order valence-corrected chi connectivity index (χ3v) is 1.25. The molecule has 0 amide bonds. The zero-order valence-electron chi connectivity index (χ0n) is 5.80. The fraction of sp³-hybridized carbons (Fsp3) is 0.833. The molecule has 48 valence electrons. The Kier molecular flexibility index (Phi) is 5.34. The van der Waals surface area contributed by atoms with Crippen molar-refractivity contribution in [3.05, 3.63) is 0 Å². The van der Waals surface area contributed by atoms with Crippen molar-refractivity contribution < 1.29 is 0 Å². The van der Waals surface area contributed by atoms with Crippen LogP contribution in [-0.4, -0.2) is 32.3 Å². The van der Waals surface area contributed by atoms with Crippen molar-refractivity contribution >= 4 is 7.85 Å². The minimum atomic E-state index is 0.554. The molecule has 0 rings (SSSR count). The van der Waals surface area contributed by atoms with Crippen LogP contribution in [0.1, 0.15) is 13.3 Å². The molecule has 2 nitrogen and oxygen atoms in total. The van der Waals surface area contributed by atoms with E-state index in [1.807, 2.05) is 11.8 Å². The van der Waals surface area contributed by atoms with Crippen LogP contribution in [0.3, 0.4) is 0 Å². The lowest BCUT2D eigenvalue weighted by Gasteiger charge is -2.15. The first kappa shape index (κ1) is 8.51. The first-order chi connectivity index (χ1) is 4.35. The summed E-state index contributed by atoms with van der Waals surface area (Å²) in [6.07, 6.45) is 1.13. The van der Waals surface area contributed by atoms with Crippen molar-refractivity contribution in [1.82, 2.24) is 4.90 Å². The molecule has 0 aromatic heterocycles. The van der Waals surface area contributed by atoms with Gasteiger partial charge < -0.3 is 4.90 Å². The van der Waals surface area contributed by atoms with Gasteiger partial charge in [-0.25, -0.2) is 0 Å². The third-order valence-electron chi connectivity index (χ3n) is 1.25. The molecule has 0 heterocycles. The first-order valence-electron chi connectivity index (χ1n) is 3.14. The van der Waals surface area contributed by atoms with Gasteiger partial charge in [0, 0.05) is 13.0 Å². The summed E-state index contributed by atoms with van der Waals surface area (Å²) in [6.45, 7) is 3.76. The highest BCUT2D eigenvalue weighted by Gasteiger charge is 1.94. The van der Waals surface area contributed by atoms with Crippen molar-refractivity contribution in [2.24, 2.45) is 0 Å². The van der Waals surface area contributed by atoms with Crippen molar-refractivity contribution in [3.8, 4) is 6.07 Å². The number of hydrogen-bond donors (Lipinski definition) is 0. The average molecular weight is 122 g/mol. The molecule has 0 aromatic carbocycles. The normalized spacial score (nSPS) is 9.44. The fourth-order valence-electron chi connectivity index (χ4n) is 0.587. The van der Waals surface area contributed by atoms with E-state index in [1.165, 1.54) is 0 Å². The fourth-order valence-corrected chi connectivity index (χ4v) is 0.587. The molecular formula is C6H11BN2. The quantitative estimate of drug-likeness (QED) is 0.503. The number of rotatable bonds is 4. The molecule has 2 radical (unpaired) electrons. The summed E-state index contributed by atoms with van der Waals surface area (Å²) in [7, 11) is 5.34. The van der Waals surface area contributed by atoms with Gasteiger partial charge in [0.2, 0.25) is 0 Å². The molecule has 0 unspecified atom stereocenters. The Hall–Kier alpha value is -0.485. The SMILES string of the molecule is [B]CN(CC)CCC#N. The lowest BCUT2D eigenvalue weighted by Crippen LogP contribution is -2.25. The highest BCUT2D eigenvalue weighted by molar-refractivity contribution is 6.08. The van der Waals surface area contributed by atoms with Crippen LogP contribution in [0, 0.1) is 11.3 Å². The standard InChI is InChI=1S/C6H11BN2/c1-2-9(6-7)5-3-4-8/h2-3,5-6H2,1H3. The predicted octanol–water partition coefficient (Wildman–Crippen LogP) is 0.348. The highest BCUT2D eigenvalue weighted by atomic mass is 15.1. The maximum atomic E-state index is 8.19. The van der Waals surface area contributed by atoms with Gasteiger partial charge in [0.25, 0.3) is 0 Å². The van der Waals surface area contributed by atoms with E-state index in [4.69, 9.17) is 13.1 Å². The minimum Gasteiger partial charge on any atom is -0.311 e. The van der Waals surface area contributed by atoms with Crippen LogP contribution >= 0.6 is 0 Å². The number of nitriles is 1. The zero-order valence-corrected chi connectivity index (χ0v) is 5.80. The monoisotopic (exact) mass is 122 g/mol. The van der Waals surface area contributed by atoms with E-state index in [0.29, 0.717) is 12.9 Å². The number of nitrogens with zero attached hydrogens (tertiary/aromatic N) is 2. The van der Waals surface area contributed by atoms with Gasteiger partial charge in [0.1, 0.15) is 0 Å². The highest BCUT2D eigenvalue weighted by Crippen LogP contribution is 1.86. The van der Waals surface area contributed by atoms with Crippen LogP contribution in [0.4, 0.5) is 0 Å². The van der Waals surface area contributed by atoms with Crippen molar-refractivity contribution in [2.45, 2.75) is 13.3 Å². The molecule has 0 aliphatic rings. The molecule has 0 aliphatic heterocycles. The topological polar surface area (TPSA) is 27.0 Å². The summed E-state index contributed by atoms with van der Waals surface area (Å²) in [6, 6.07) is 2.07. The molecule has 0 aromatic rings. The van der Waals surface area contributed by atoms with Crippen molar-refractivity contribution in [1.29, 1.82) is 5.26 Å². The van der Waals surface area contributed by atoms with Gasteiger partial charge in [0.15, 0.2) is 0 Å². The van der Waals surface area contributed by atoms with Crippen LogP contribution in [-0.2, 0) is 0 Å². The summed E-state index contributed by atoms with van der Waals surface area (Å²) in [5, 5.41) is 8.19. The van der Waals surface area contributed by atoms with Crippen LogP contribution in [0.25, 0.3) is 0 Å². The second-order valence-electron chi connectivity index (χ2n) is 1.80. The Morgan fingerprint density at radius 3 is 2.67 bits per heavy atom. The molecule has 0 saturated carbocycles. The van der Waals surface area contributed by atoms with E-state index in [0.717, 1.165) is 13.1 Å². The zero-order chi connectivity index (χ0) is 7.11. The molecule has 0 atom stereocenters. The van der Waals surface area contributed by atoms with Gasteiger partial charge in [-0.1, -0.05) is 6.92 Å². The molecule has 0 aliphatic carbocycles. The smallest absolute Gasteiger partial charge is 0.0863 e. The Morgan fingerprint density at radius 2 is 2.33 bits per heavy atom. The Balaban J connectivity index is 3.22. The molecule has 3 heteroatoms. The van der Waals surface area contributed by atoms with Gasteiger partial charge in [-0.2, -0.15) is 5.26 Å². The van der Waals surface area contributed by atoms with E-state index in [1.54, 1.807) is 0 Å². The van der Waals surface area contributed by atoms with Gasteiger partial charge in [-0.05, 0) is 13.0 Å². The number of hydrogen-bond acceptors (Lipinski definition) is 2. The Labute approximate surface area is 57.9 Å². The van der Waals surface area contributed by atoms with Crippen molar-refractivity contribution in [3.63, 3.8) is 0 Å². The van der Waals surface area contributed by atoms with Crippen LogP contribution < -0.4 is 0 Å². The second kappa shape index (κ2) is 5.65. The summed E-state index contributed by atoms with van der Waals surface area (Å²) in [5.41, 5.74) is 0. The van der Waals surface area contributed by atoms with Crippen LogP contribution in [0.2, 0.25) is 0 Å². The van der Waals surface area contributed by atoms with Crippen LogP contribution in [0.5, 0.6) is 0 Å². The summed E-state index contributed by atoms with van der Waals surface area (Å²) < 4.78 is 0. The third kappa shape index (κ3) is 4.05. The molecule has 0 spiro atoms. The van der Waals surface area contributed by atoms with E-state index in [9.17, 15) is 0 Å². The second-order valence-corrected chi connectivity index (χ2v) is 1.80. The first-order valence-corrected chi connectivity index (χ1v) is 3.14. The lowest BCUT2D eigenvalue weighted by atomic mass is 10.1. The summed E-state index contributed by atoms with van der Waals surface area (Å²) in [4.78, 5) is 2.02. The van der Waals surface area contributed by atoms with Gasteiger partial charge in [-0.15, -0.1) is 0 Å². The molecule has 0 fully saturated rings.